The molecule has 0 aromatic rings. The van der Waals surface area contributed by atoms with Crippen molar-refractivity contribution in [1.82, 2.24) is 5.32 Å². The predicted molar refractivity (Wildman–Crippen MR) is 46.7 cm³/mol. The zero-order valence-corrected chi connectivity index (χ0v) is 8.54. The Morgan fingerprint density at radius 3 is 2.69 bits per heavy atom. The van der Waals surface area contributed by atoms with Crippen molar-refractivity contribution in [2.45, 2.75) is 6.42 Å². The van der Waals surface area contributed by atoms with Crippen molar-refractivity contribution in [1.29, 1.82) is 0 Å². The lowest BCUT2D eigenvalue weighted by molar-refractivity contribution is 0.177. The summed E-state index contributed by atoms with van der Waals surface area (Å²) in [5.41, 5.74) is -1.23. The summed E-state index contributed by atoms with van der Waals surface area (Å²) < 4.78 is 19.5. The normalized spacial score (nSPS) is 15.0. The minimum atomic E-state index is -4.21. The fraction of sp³-hybridized carbons (Fsp3) is 0.833. The summed E-state index contributed by atoms with van der Waals surface area (Å²) in [6, 6.07) is 0. The van der Waals surface area contributed by atoms with E-state index in [0.717, 1.165) is 7.11 Å². The number of ether oxygens (including phenoxy) is 1. The highest BCUT2D eigenvalue weighted by atomic mass is 31.2. The van der Waals surface area contributed by atoms with Crippen LogP contribution in [0.1, 0.15) is 6.42 Å². The third kappa shape index (κ3) is 5.00. The fourth-order valence-corrected chi connectivity index (χ4v) is 1.32. The number of carbonyl (C=O) groups excluding carboxylic acids is 1. The van der Waals surface area contributed by atoms with Gasteiger partial charge in [0.2, 0.25) is 0 Å². The average molecular weight is 211 g/mol. The van der Waals surface area contributed by atoms with E-state index in [0.29, 0.717) is 13.0 Å². The smallest absolute Gasteiger partial charge is 0.435 e. The molecule has 0 aromatic heterocycles. The highest BCUT2D eigenvalue weighted by Crippen LogP contribution is 2.43. The maximum Gasteiger partial charge on any atom is 0.435 e. The van der Waals surface area contributed by atoms with Crippen molar-refractivity contribution < 1.29 is 23.5 Å². The van der Waals surface area contributed by atoms with Crippen molar-refractivity contribution in [3.8, 4) is 0 Å². The van der Waals surface area contributed by atoms with Crippen LogP contribution in [0, 0.1) is 0 Å². The van der Waals surface area contributed by atoms with Crippen LogP contribution < -0.4 is 5.32 Å². The van der Waals surface area contributed by atoms with Gasteiger partial charge in [0.15, 0.2) is 0 Å². The summed E-state index contributed by atoms with van der Waals surface area (Å²) in [5.74, 6) is 0. The quantitative estimate of drug-likeness (QED) is 0.493. The molecule has 78 valence electrons. The number of carbonyl (C=O) groups is 1. The van der Waals surface area contributed by atoms with E-state index in [-0.39, 0.29) is 6.61 Å². The molecule has 0 heterocycles. The molecule has 0 aliphatic heterocycles. The summed E-state index contributed by atoms with van der Waals surface area (Å²) >= 11 is 0. The maximum absolute atomic E-state index is 10.9. The van der Waals surface area contributed by atoms with Crippen molar-refractivity contribution in [3.05, 3.63) is 0 Å². The van der Waals surface area contributed by atoms with Crippen molar-refractivity contribution in [3.63, 3.8) is 0 Å². The van der Waals surface area contributed by atoms with Crippen LogP contribution in [0.25, 0.3) is 0 Å². The van der Waals surface area contributed by atoms with Gasteiger partial charge >= 0.3 is 13.3 Å². The van der Waals surface area contributed by atoms with Gasteiger partial charge in [-0.15, -0.1) is 0 Å². The first kappa shape index (κ1) is 12.6. The monoisotopic (exact) mass is 211 g/mol. The molecule has 6 nitrogen and oxygen atoms in total. The van der Waals surface area contributed by atoms with Crippen LogP contribution in [0.5, 0.6) is 0 Å². The van der Waals surface area contributed by atoms with Gasteiger partial charge in [-0.05, 0) is 20.0 Å². The van der Waals surface area contributed by atoms with Crippen LogP contribution >= 0.6 is 7.60 Å². The molecule has 7 heteroatoms. The maximum atomic E-state index is 10.9. The molecule has 1 atom stereocenters. The van der Waals surface area contributed by atoms with Crippen LogP contribution in [0.3, 0.4) is 0 Å². The number of hydrogen-bond donors (Lipinski definition) is 2. The van der Waals surface area contributed by atoms with Gasteiger partial charge in [-0.2, -0.15) is 0 Å². The average Bonchev–Trinajstić information content (AvgIpc) is 2.11. The molecule has 0 saturated heterocycles. The number of hydrogen-bond acceptors (Lipinski definition) is 5. The Bertz CT molecular complexity index is 207. The van der Waals surface area contributed by atoms with Crippen LogP contribution in [-0.2, 0) is 13.8 Å². The molecule has 0 spiro atoms. The third-order valence-corrected chi connectivity index (χ3v) is 2.42. The Morgan fingerprint density at radius 2 is 2.23 bits per heavy atom. The molecule has 13 heavy (non-hydrogen) atoms. The van der Waals surface area contributed by atoms with Gasteiger partial charge < -0.3 is 19.5 Å². The molecule has 0 saturated carbocycles. The van der Waals surface area contributed by atoms with Gasteiger partial charge in [-0.25, -0.2) is 9.36 Å². The topological polar surface area (TPSA) is 84.9 Å². The zero-order chi connectivity index (χ0) is 10.3. The Morgan fingerprint density at radius 1 is 1.62 bits per heavy atom. The van der Waals surface area contributed by atoms with E-state index in [9.17, 15) is 9.36 Å². The van der Waals surface area contributed by atoms with E-state index in [1.807, 2.05) is 0 Å². The predicted octanol–water partition coefficient (Wildman–Crippen LogP) is 0.564. The molecule has 0 amide bonds. The number of nitrogens with one attached hydrogen (secondary N) is 1. The summed E-state index contributed by atoms with van der Waals surface area (Å²) in [5, 5.41) is 2.83. The van der Waals surface area contributed by atoms with Gasteiger partial charge in [0, 0.05) is 0 Å². The molecule has 0 fully saturated rings. The SMILES string of the molecule is CNCCCOP(=O)(O)C(=O)OC. The lowest BCUT2D eigenvalue weighted by Crippen LogP contribution is -2.11. The van der Waals surface area contributed by atoms with E-state index in [4.69, 9.17) is 4.89 Å². The minimum Gasteiger partial charge on any atom is -0.460 e. The van der Waals surface area contributed by atoms with Gasteiger partial charge in [0.1, 0.15) is 0 Å². The van der Waals surface area contributed by atoms with Crippen LogP contribution in [0.2, 0.25) is 0 Å². The first-order valence-electron chi connectivity index (χ1n) is 3.75. The van der Waals surface area contributed by atoms with Crippen LogP contribution in [0.4, 0.5) is 4.79 Å². The first-order chi connectivity index (χ1) is 6.04. The van der Waals surface area contributed by atoms with E-state index < -0.39 is 13.3 Å². The van der Waals surface area contributed by atoms with Gasteiger partial charge in [0.05, 0.1) is 13.7 Å². The summed E-state index contributed by atoms with van der Waals surface area (Å²) in [7, 11) is -1.43. The molecule has 0 bridgehead atoms. The minimum absolute atomic E-state index is 0.0454. The van der Waals surface area contributed by atoms with Gasteiger partial charge in [0.25, 0.3) is 0 Å². The molecular weight excluding hydrogens is 197 g/mol. The molecule has 0 aromatic carbocycles. The van der Waals surface area contributed by atoms with Crippen molar-refractivity contribution >= 4 is 13.3 Å². The summed E-state index contributed by atoms with van der Waals surface area (Å²) in [6.07, 6.45) is 0.554. The lowest BCUT2D eigenvalue weighted by Gasteiger charge is -2.08. The number of rotatable bonds is 6. The van der Waals surface area contributed by atoms with E-state index in [2.05, 4.69) is 14.6 Å². The van der Waals surface area contributed by atoms with E-state index in [1.165, 1.54) is 0 Å². The lowest BCUT2D eigenvalue weighted by atomic mass is 10.5. The Labute approximate surface area is 76.8 Å². The highest BCUT2D eigenvalue weighted by Gasteiger charge is 2.31. The standard InChI is InChI=1S/C6H14NO5P/c1-7-4-3-5-12-13(9,10)6(8)11-2/h7H,3-5H2,1-2H3,(H,9,10). The second-order valence-electron chi connectivity index (χ2n) is 2.28. The second-order valence-corrected chi connectivity index (χ2v) is 3.94. The Balaban J connectivity index is 3.76. The van der Waals surface area contributed by atoms with Crippen LogP contribution in [-0.4, -0.2) is 37.9 Å². The zero-order valence-electron chi connectivity index (χ0n) is 7.65. The van der Waals surface area contributed by atoms with Crippen molar-refractivity contribution in [2.75, 3.05) is 27.3 Å². The molecule has 0 radical (unpaired) electrons. The summed E-state index contributed by atoms with van der Waals surface area (Å²) in [6.45, 7) is 0.699. The summed E-state index contributed by atoms with van der Waals surface area (Å²) in [4.78, 5) is 19.5. The van der Waals surface area contributed by atoms with Crippen molar-refractivity contribution in [2.24, 2.45) is 0 Å². The van der Waals surface area contributed by atoms with Gasteiger partial charge in [-0.3, -0.25) is 0 Å². The largest absolute Gasteiger partial charge is 0.460 e. The fourth-order valence-electron chi connectivity index (χ4n) is 0.605. The molecular formula is C6H14NO5P. The van der Waals surface area contributed by atoms with E-state index in [1.54, 1.807) is 7.05 Å². The molecule has 2 N–H and O–H groups in total. The third-order valence-electron chi connectivity index (χ3n) is 1.24. The molecule has 0 aliphatic carbocycles. The van der Waals surface area contributed by atoms with E-state index >= 15 is 0 Å². The Kier molecular flexibility index (Phi) is 5.90. The highest BCUT2D eigenvalue weighted by molar-refractivity contribution is 7.70. The first-order valence-corrected chi connectivity index (χ1v) is 5.32. The molecule has 0 rings (SSSR count). The molecule has 0 aliphatic rings. The number of methoxy groups -OCH3 is 1. The molecule has 1 unspecified atom stereocenters. The second kappa shape index (κ2) is 6.10. The van der Waals surface area contributed by atoms with Gasteiger partial charge in [-0.1, -0.05) is 0 Å². The van der Waals surface area contributed by atoms with Crippen LogP contribution in [0.15, 0.2) is 0 Å². The Hall–Kier alpha value is -0.420.